The predicted molar refractivity (Wildman–Crippen MR) is 92.8 cm³/mol. The molecule has 3 aliphatic carbocycles. The zero-order valence-corrected chi connectivity index (χ0v) is 14.3. The number of halogens is 1. The molecule has 2 bridgehead atoms. The molecule has 1 aromatic rings. The lowest BCUT2D eigenvalue weighted by Crippen LogP contribution is -2.40. The van der Waals surface area contributed by atoms with Gasteiger partial charge in [-0.1, -0.05) is 18.6 Å². The van der Waals surface area contributed by atoms with Crippen LogP contribution in [0.3, 0.4) is 0 Å². The molecule has 0 radical (unpaired) electrons. The minimum atomic E-state index is 0. The summed E-state index contributed by atoms with van der Waals surface area (Å²) in [5.41, 5.74) is 1.38. The molecule has 3 saturated carbocycles. The van der Waals surface area contributed by atoms with Gasteiger partial charge in [0.15, 0.2) is 0 Å². The molecule has 1 aromatic carbocycles. The number of hydrogen-bond acceptors (Lipinski definition) is 2. The van der Waals surface area contributed by atoms with Gasteiger partial charge >= 0.3 is 0 Å². The Hall–Kier alpha value is -0.730. The van der Waals surface area contributed by atoms with Gasteiger partial charge in [0.1, 0.15) is 5.75 Å². The maximum atomic E-state index is 5.30. The van der Waals surface area contributed by atoms with Crippen molar-refractivity contribution in [3.05, 3.63) is 29.8 Å². The summed E-state index contributed by atoms with van der Waals surface area (Å²) in [6.07, 6.45) is 8.62. The molecule has 0 heterocycles. The smallest absolute Gasteiger partial charge is 0.119 e. The summed E-state index contributed by atoms with van der Waals surface area (Å²) in [5, 5.41) is 3.87. The van der Waals surface area contributed by atoms with Crippen molar-refractivity contribution in [3.63, 3.8) is 0 Å². The third kappa shape index (κ3) is 2.88. The van der Waals surface area contributed by atoms with Gasteiger partial charge in [-0.25, -0.2) is 0 Å². The molecule has 122 valence electrons. The van der Waals surface area contributed by atoms with Crippen LogP contribution in [0.2, 0.25) is 0 Å². The van der Waals surface area contributed by atoms with E-state index in [9.17, 15) is 0 Å². The summed E-state index contributed by atoms with van der Waals surface area (Å²) in [6, 6.07) is 9.29. The van der Waals surface area contributed by atoms with Crippen molar-refractivity contribution in [1.82, 2.24) is 5.32 Å². The Morgan fingerprint density at radius 3 is 2.86 bits per heavy atom. The largest absolute Gasteiger partial charge is 0.497 e. The standard InChI is InChI=1S/C19H27NO.ClH/c1-21-15-5-2-4-13(10-15)8-9-20-19-12-14-11-18(19)17-7-3-6-16(14)17;/h2,4-5,10,14,16-20H,3,6-9,11-12H2,1H3;1H/t14-,16+,17+,18-,19+;/m0./s1. The monoisotopic (exact) mass is 321 g/mol. The summed E-state index contributed by atoms with van der Waals surface area (Å²) < 4.78 is 5.30. The average molecular weight is 322 g/mol. The first-order chi connectivity index (χ1) is 10.3. The number of methoxy groups -OCH3 is 1. The second kappa shape index (κ2) is 6.80. The van der Waals surface area contributed by atoms with Gasteiger partial charge in [-0.15, -0.1) is 12.4 Å². The highest BCUT2D eigenvalue weighted by molar-refractivity contribution is 5.85. The number of ether oxygens (including phenoxy) is 1. The van der Waals surface area contributed by atoms with Crippen LogP contribution >= 0.6 is 12.4 Å². The molecule has 5 atom stereocenters. The molecule has 3 heteroatoms. The van der Waals surface area contributed by atoms with Crippen LogP contribution in [0.15, 0.2) is 24.3 Å². The third-order valence-electron chi connectivity index (χ3n) is 6.38. The molecule has 0 aliphatic heterocycles. The lowest BCUT2D eigenvalue weighted by molar-refractivity contribution is 0.209. The minimum absolute atomic E-state index is 0. The van der Waals surface area contributed by atoms with Gasteiger partial charge in [0, 0.05) is 6.04 Å². The van der Waals surface area contributed by atoms with E-state index < -0.39 is 0 Å². The summed E-state index contributed by atoms with van der Waals surface area (Å²) in [5.74, 6) is 5.19. The molecule has 22 heavy (non-hydrogen) atoms. The predicted octanol–water partition coefficient (Wildman–Crippen LogP) is 4.07. The van der Waals surface area contributed by atoms with E-state index in [0.29, 0.717) is 0 Å². The Kier molecular flexibility index (Phi) is 4.99. The molecular weight excluding hydrogens is 294 g/mol. The summed E-state index contributed by atoms with van der Waals surface area (Å²) in [6.45, 7) is 1.11. The fourth-order valence-corrected chi connectivity index (χ4v) is 5.53. The summed E-state index contributed by atoms with van der Waals surface area (Å²) >= 11 is 0. The molecular formula is C19H28ClNO. The van der Waals surface area contributed by atoms with E-state index in [1.54, 1.807) is 7.11 Å². The van der Waals surface area contributed by atoms with E-state index in [4.69, 9.17) is 4.74 Å². The lowest BCUT2D eigenvalue weighted by Gasteiger charge is -2.32. The van der Waals surface area contributed by atoms with Crippen LogP contribution in [-0.2, 0) is 6.42 Å². The van der Waals surface area contributed by atoms with Crippen molar-refractivity contribution in [1.29, 1.82) is 0 Å². The van der Waals surface area contributed by atoms with E-state index in [2.05, 4.69) is 23.5 Å². The molecule has 0 unspecified atom stereocenters. The Morgan fingerprint density at radius 2 is 2.00 bits per heavy atom. The van der Waals surface area contributed by atoms with Crippen molar-refractivity contribution in [2.45, 2.75) is 44.6 Å². The molecule has 1 N–H and O–H groups in total. The van der Waals surface area contributed by atoms with Crippen LogP contribution in [0.5, 0.6) is 5.75 Å². The molecule has 2 nitrogen and oxygen atoms in total. The number of fused-ring (bicyclic) bond motifs is 5. The first-order valence-corrected chi connectivity index (χ1v) is 8.71. The van der Waals surface area contributed by atoms with E-state index in [0.717, 1.165) is 48.4 Å². The highest BCUT2D eigenvalue weighted by atomic mass is 35.5. The molecule has 0 amide bonds. The van der Waals surface area contributed by atoms with Gasteiger partial charge < -0.3 is 10.1 Å². The number of benzene rings is 1. The van der Waals surface area contributed by atoms with Gasteiger partial charge in [-0.3, -0.25) is 0 Å². The van der Waals surface area contributed by atoms with Crippen LogP contribution < -0.4 is 10.1 Å². The van der Waals surface area contributed by atoms with Crippen LogP contribution in [0.4, 0.5) is 0 Å². The highest BCUT2D eigenvalue weighted by Crippen LogP contribution is 2.58. The first kappa shape index (κ1) is 16.1. The topological polar surface area (TPSA) is 21.3 Å². The van der Waals surface area contributed by atoms with Crippen LogP contribution in [0.1, 0.15) is 37.7 Å². The maximum Gasteiger partial charge on any atom is 0.119 e. The zero-order valence-electron chi connectivity index (χ0n) is 13.5. The fraction of sp³-hybridized carbons (Fsp3) is 0.684. The maximum absolute atomic E-state index is 5.30. The Balaban J connectivity index is 0.00000144. The average Bonchev–Trinajstić information content (AvgIpc) is 3.20. The first-order valence-electron chi connectivity index (χ1n) is 8.71. The molecule has 4 rings (SSSR count). The molecule has 3 fully saturated rings. The van der Waals surface area contributed by atoms with Gasteiger partial charge in [-0.2, -0.15) is 0 Å². The van der Waals surface area contributed by atoms with Crippen molar-refractivity contribution >= 4 is 12.4 Å². The second-order valence-corrected chi connectivity index (χ2v) is 7.32. The van der Waals surface area contributed by atoms with Gasteiger partial charge in [0.05, 0.1) is 7.11 Å². The fourth-order valence-electron chi connectivity index (χ4n) is 5.53. The van der Waals surface area contributed by atoms with Crippen molar-refractivity contribution in [3.8, 4) is 5.75 Å². The number of nitrogens with one attached hydrogen (secondary N) is 1. The Bertz CT molecular complexity index is 506. The van der Waals surface area contributed by atoms with Crippen LogP contribution in [0.25, 0.3) is 0 Å². The van der Waals surface area contributed by atoms with Crippen molar-refractivity contribution < 1.29 is 4.74 Å². The second-order valence-electron chi connectivity index (χ2n) is 7.32. The van der Waals surface area contributed by atoms with Crippen molar-refractivity contribution in [2.75, 3.05) is 13.7 Å². The van der Waals surface area contributed by atoms with E-state index >= 15 is 0 Å². The lowest BCUT2D eigenvalue weighted by atomic mass is 9.79. The Morgan fingerprint density at radius 1 is 1.14 bits per heavy atom. The highest BCUT2D eigenvalue weighted by Gasteiger charge is 2.53. The molecule has 0 aromatic heterocycles. The minimum Gasteiger partial charge on any atom is -0.497 e. The van der Waals surface area contributed by atoms with E-state index in [1.807, 2.05) is 6.07 Å². The van der Waals surface area contributed by atoms with Crippen LogP contribution in [-0.4, -0.2) is 19.7 Å². The Labute approximate surface area is 140 Å². The SMILES string of the molecule is COc1cccc(CCN[C@@H]2C[C@@H]3C[C@H]2[C@@H]2CCC[C@H]32)c1.Cl. The molecule has 3 aliphatic rings. The quantitative estimate of drug-likeness (QED) is 0.882. The summed E-state index contributed by atoms with van der Waals surface area (Å²) in [7, 11) is 1.74. The van der Waals surface area contributed by atoms with Gasteiger partial charge in [0.25, 0.3) is 0 Å². The number of hydrogen-bond donors (Lipinski definition) is 1. The normalized spacial score (nSPS) is 35.2. The van der Waals surface area contributed by atoms with Gasteiger partial charge in [0.2, 0.25) is 0 Å². The van der Waals surface area contributed by atoms with Crippen LogP contribution in [0, 0.1) is 23.7 Å². The number of rotatable bonds is 5. The molecule has 0 saturated heterocycles. The third-order valence-corrected chi connectivity index (χ3v) is 6.38. The molecule has 0 spiro atoms. The zero-order chi connectivity index (χ0) is 14.2. The summed E-state index contributed by atoms with van der Waals surface area (Å²) in [4.78, 5) is 0. The van der Waals surface area contributed by atoms with Crippen molar-refractivity contribution in [2.24, 2.45) is 23.7 Å². The van der Waals surface area contributed by atoms with E-state index in [-0.39, 0.29) is 12.4 Å². The van der Waals surface area contributed by atoms with Gasteiger partial charge in [-0.05, 0) is 80.0 Å². The van der Waals surface area contributed by atoms with E-state index in [1.165, 1.54) is 37.7 Å².